The zero-order valence-corrected chi connectivity index (χ0v) is 17.7. The molecule has 2 aliphatic heterocycles. The highest BCUT2D eigenvalue weighted by molar-refractivity contribution is 6.17. The van der Waals surface area contributed by atoms with E-state index in [1.54, 1.807) is 13.1 Å². The van der Waals surface area contributed by atoms with Crippen LogP contribution in [0.4, 0.5) is 23.7 Å². The van der Waals surface area contributed by atoms with Gasteiger partial charge in [-0.3, -0.25) is 9.59 Å². The summed E-state index contributed by atoms with van der Waals surface area (Å²) in [6.45, 7) is 3.24. The molecule has 0 aromatic heterocycles. The number of urea groups is 1. The van der Waals surface area contributed by atoms with E-state index < -0.39 is 42.0 Å². The Hall–Kier alpha value is -3.50. The third-order valence-electron chi connectivity index (χ3n) is 5.02. The topological polar surface area (TPSA) is 91.1 Å². The smallest absolute Gasteiger partial charge is 0.446 e. The van der Waals surface area contributed by atoms with Crippen LogP contribution in [-0.2, 0) is 20.5 Å². The van der Waals surface area contributed by atoms with Gasteiger partial charge in [-0.15, -0.1) is 4.99 Å². The lowest BCUT2D eigenvalue weighted by atomic mass is 9.94. The number of aliphatic imine (C=N–C) groups is 1. The molecule has 1 atom stereocenters. The largest absolute Gasteiger partial charge is 0.496 e. The van der Waals surface area contributed by atoms with Crippen LogP contribution in [-0.4, -0.2) is 59.6 Å². The lowest BCUT2D eigenvalue weighted by Gasteiger charge is -2.29. The number of benzene rings is 1. The second kappa shape index (κ2) is 8.93. The Kier molecular flexibility index (Phi) is 6.47. The van der Waals surface area contributed by atoms with Crippen molar-refractivity contribution in [3.8, 4) is 0 Å². The lowest BCUT2D eigenvalue weighted by Crippen LogP contribution is -2.56. The van der Waals surface area contributed by atoms with Gasteiger partial charge in [0.1, 0.15) is 12.0 Å². The van der Waals surface area contributed by atoms with Crippen LogP contribution in [0, 0.1) is 5.92 Å². The standard InChI is InChI=1S/C21H21F3N4O4/c1-4-12-10-25-18-16(17(12)32-5-2)19(30)28(20(31)27(18)3)11-15(29)26-14-8-6-7-13(9-14)21(22,23)24/h6-10,16H,4-5,11H2,1-3H3/p+1. The number of dihydropyridines is 1. The van der Waals surface area contributed by atoms with Gasteiger partial charge in [0.2, 0.25) is 0 Å². The van der Waals surface area contributed by atoms with Crippen molar-refractivity contribution in [1.29, 1.82) is 0 Å². The number of alkyl halides is 3. The molecule has 0 fully saturated rings. The van der Waals surface area contributed by atoms with Gasteiger partial charge >= 0.3 is 18.1 Å². The van der Waals surface area contributed by atoms with Gasteiger partial charge in [0.15, 0.2) is 12.5 Å². The van der Waals surface area contributed by atoms with Gasteiger partial charge in [-0.1, -0.05) is 13.0 Å². The van der Waals surface area contributed by atoms with Crippen molar-refractivity contribution in [3.05, 3.63) is 41.2 Å². The number of nitrogens with zero attached hydrogens (tertiary/aromatic N) is 3. The highest BCUT2D eigenvalue weighted by Gasteiger charge is 2.51. The minimum atomic E-state index is -4.57. The molecule has 11 heteroatoms. The van der Waals surface area contributed by atoms with Crippen molar-refractivity contribution < 1.29 is 36.9 Å². The van der Waals surface area contributed by atoms with Crippen LogP contribution in [0.3, 0.4) is 0 Å². The van der Waals surface area contributed by atoms with Crippen molar-refractivity contribution in [3.63, 3.8) is 0 Å². The van der Waals surface area contributed by atoms with Gasteiger partial charge in [0, 0.05) is 11.3 Å². The molecule has 0 radical (unpaired) electrons. The Bertz CT molecular complexity index is 1060. The van der Waals surface area contributed by atoms with Gasteiger partial charge in [0.05, 0.1) is 19.2 Å². The molecule has 0 spiro atoms. The zero-order chi connectivity index (χ0) is 23.6. The van der Waals surface area contributed by atoms with E-state index in [0.717, 1.165) is 27.7 Å². The number of carbonyl (C=O) groups excluding carboxylic acids is 3. The summed E-state index contributed by atoms with van der Waals surface area (Å²) < 4.78 is 45.5. The van der Waals surface area contributed by atoms with Gasteiger partial charge in [-0.05, 0) is 31.5 Å². The number of fused-ring (bicyclic) bond motifs is 1. The molecule has 3 rings (SSSR count). The Balaban J connectivity index is 1.85. The van der Waals surface area contributed by atoms with Crippen LogP contribution in [0.1, 0.15) is 25.8 Å². The van der Waals surface area contributed by atoms with Crippen molar-refractivity contribution in [2.45, 2.75) is 26.4 Å². The third kappa shape index (κ3) is 4.41. The summed E-state index contributed by atoms with van der Waals surface area (Å²) in [5, 5.41) is 2.30. The first-order valence-corrected chi connectivity index (χ1v) is 9.91. The van der Waals surface area contributed by atoms with Crippen molar-refractivity contribution in [2.75, 3.05) is 25.5 Å². The average molecular weight is 451 g/mol. The van der Waals surface area contributed by atoms with E-state index in [9.17, 15) is 27.6 Å². The van der Waals surface area contributed by atoms with Crippen molar-refractivity contribution >= 4 is 35.6 Å². The van der Waals surface area contributed by atoms with Crippen molar-refractivity contribution in [2.24, 2.45) is 10.9 Å². The van der Waals surface area contributed by atoms with Gasteiger partial charge in [0.25, 0.3) is 11.7 Å². The van der Waals surface area contributed by atoms with Gasteiger partial charge in [-0.2, -0.15) is 22.6 Å². The van der Waals surface area contributed by atoms with Gasteiger partial charge < -0.3 is 10.1 Å². The first-order valence-electron chi connectivity index (χ1n) is 9.91. The minimum absolute atomic E-state index is 0.104. The summed E-state index contributed by atoms with van der Waals surface area (Å²) in [5.74, 6) is -1.94. The van der Waals surface area contributed by atoms with Crippen LogP contribution < -0.4 is 5.32 Å². The van der Waals surface area contributed by atoms with Crippen LogP contribution in [0.25, 0.3) is 0 Å². The fourth-order valence-electron chi connectivity index (χ4n) is 3.48. The molecule has 2 heterocycles. The molecule has 8 nitrogen and oxygen atoms in total. The fraction of sp³-hybridized carbons (Fsp3) is 0.381. The van der Waals surface area contributed by atoms with E-state index in [2.05, 4.69) is 10.3 Å². The summed E-state index contributed by atoms with van der Waals surface area (Å²) in [7, 11) is 1.42. The normalized spacial score (nSPS) is 18.8. The first kappa shape index (κ1) is 23.2. The average Bonchev–Trinajstić information content (AvgIpc) is 2.74. The quantitative estimate of drug-likeness (QED) is 0.673. The van der Waals surface area contributed by atoms with E-state index >= 15 is 0 Å². The Morgan fingerprint density at radius 1 is 1.28 bits per heavy atom. The number of nitrogens with one attached hydrogen (secondary N) is 1. The third-order valence-corrected chi connectivity index (χ3v) is 5.02. The summed E-state index contributed by atoms with van der Waals surface area (Å²) >= 11 is 0. The molecule has 4 amide bonds. The van der Waals surface area contributed by atoms with Crippen LogP contribution in [0.15, 0.2) is 40.6 Å². The Labute approximate surface area is 182 Å². The van der Waals surface area contributed by atoms with Crippen LogP contribution >= 0.6 is 0 Å². The molecule has 1 N–H and O–H groups in total. The van der Waals surface area contributed by atoms with E-state index in [-0.39, 0.29) is 18.1 Å². The summed E-state index contributed by atoms with van der Waals surface area (Å²) in [6, 6.07) is 3.31. The summed E-state index contributed by atoms with van der Waals surface area (Å²) in [5.41, 5.74) is -0.337. The second-order valence-electron chi connectivity index (χ2n) is 7.12. The predicted octanol–water partition coefficient (Wildman–Crippen LogP) is 3.05. The number of imide groups is 1. The number of amides is 4. The number of hydrogen-bond acceptors (Lipinski definition) is 5. The molecule has 1 aromatic carbocycles. The van der Waals surface area contributed by atoms with E-state index in [0.29, 0.717) is 17.8 Å². The monoisotopic (exact) mass is 451 g/mol. The van der Waals surface area contributed by atoms with Crippen LogP contribution in [0.2, 0.25) is 0 Å². The molecule has 170 valence electrons. The summed E-state index contributed by atoms with van der Waals surface area (Å²) in [6.07, 6.45) is -2.48. The number of halogens is 3. The molecule has 0 saturated heterocycles. The number of amidine groups is 1. The van der Waals surface area contributed by atoms with Gasteiger partial charge in [-0.25, -0.2) is 4.79 Å². The highest BCUT2D eigenvalue weighted by Crippen LogP contribution is 2.31. The van der Waals surface area contributed by atoms with Crippen molar-refractivity contribution in [1.82, 2.24) is 4.90 Å². The fourth-order valence-corrected chi connectivity index (χ4v) is 3.48. The predicted molar refractivity (Wildman–Crippen MR) is 109 cm³/mol. The molecule has 32 heavy (non-hydrogen) atoms. The molecular weight excluding hydrogens is 429 g/mol. The maximum Gasteiger partial charge on any atom is 0.446 e. The minimum Gasteiger partial charge on any atom is -0.496 e. The zero-order valence-electron chi connectivity index (χ0n) is 17.7. The first-order chi connectivity index (χ1) is 15.1. The molecule has 0 saturated carbocycles. The molecular formula is C21H22F3N4O4+. The molecule has 1 unspecified atom stereocenters. The van der Waals surface area contributed by atoms with Crippen LogP contribution in [0.5, 0.6) is 0 Å². The molecule has 2 aliphatic rings. The number of rotatable bonds is 6. The van der Waals surface area contributed by atoms with E-state index in [4.69, 9.17) is 4.74 Å². The molecule has 0 aliphatic carbocycles. The second-order valence-corrected chi connectivity index (χ2v) is 7.12. The molecule has 0 bridgehead atoms. The Morgan fingerprint density at radius 3 is 2.62 bits per heavy atom. The Morgan fingerprint density at radius 2 is 2.00 bits per heavy atom. The number of allylic oxidation sites excluding steroid dienone is 1. The maximum absolute atomic E-state index is 13.2. The number of carbonyl (C=O) groups is 3. The van der Waals surface area contributed by atoms with E-state index in [1.807, 2.05) is 6.92 Å². The highest BCUT2D eigenvalue weighted by atomic mass is 19.4. The lowest BCUT2D eigenvalue weighted by molar-refractivity contribution is -0.408. The maximum atomic E-state index is 13.2. The van der Waals surface area contributed by atoms with E-state index in [1.165, 1.54) is 13.1 Å². The number of ether oxygens (including phenoxy) is 1. The SMILES string of the molecule is CCOC1=C(CC)C=NC2=[N+](C)C(=O)N(CC(=O)Nc3cccc(C(F)(F)F)c3)C(=O)C12. The number of anilines is 1. The molecule has 1 aromatic rings. The summed E-state index contributed by atoms with van der Waals surface area (Å²) in [4.78, 5) is 43.4. The number of hydrogen-bond donors (Lipinski definition) is 1.